The molecule has 100 valence electrons. The monoisotopic (exact) mass is 252 g/mol. The summed E-state index contributed by atoms with van der Waals surface area (Å²) in [5.41, 5.74) is 5.97. The van der Waals surface area contributed by atoms with E-state index >= 15 is 0 Å². The van der Waals surface area contributed by atoms with E-state index in [2.05, 4.69) is 17.0 Å². The maximum atomic E-state index is 10.3. The van der Waals surface area contributed by atoms with Crippen molar-refractivity contribution in [2.24, 2.45) is 5.73 Å². The van der Waals surface area contributed by atoms with Crippen LogP contribution in [0.1, 0.15) is 18.9 Å². The molecule has 3 N–H and O–H groups in total. The van der Waals surface area contributed by atoms with Gasteiger partial charge in [0.1, 0.15) is 12.4 Å². The highest BCUT2D eigenvalue weighted by atomic mass is 16.5. The van der Waals surface area contributed by atoms with Gasteiger partial charge in [-0.3, -0.25) is 0 Å². The van der Waals surface area contributed by atoms with Crippen LogP contribution in [0.5, 0.6) is 5.75 Å². The molecule has 0 fully saturated rings. The molecule has 1 aromatic carbocycles. The van der Waals surface area contributed by atoms with Crippen LogP contribution in [0.3, 0.4) is 0 Å². The number of benzene rings is 1. The zero-order valence-corrected chi connectivity index (χ0v) is 10.6. The first-order valence-corrected chi connectivity index (χ1v) is 6.07. The lowest BCUT2D eigenvalue weighted by Gasteiger charge is -2.08. The van der Waals surface area contributed by atoms with Gasteiger partial charge in [0.2, 0.25) is 0 Å². The number of primary amides is 1. The van der Waals surface area contributed by atoms with E-state index in [0.717, 1.165) is 24.3 Å². The summed E-state index contributed by atoms with van der Waals surface area (Å²) in [4.78, 5) is 10.3. The van der Waals surface area contributed by atoms with Gasteiger partial charge in [0, 0.05) is 13.1 Å². The Morgan fingerprint density at radius 2 is 2.22 bits per heavy atom. The van der Waals surface area contributed by atoms with Crippen molar-refractivity contribution in [1.29, 1.82) is 0 Å². The number of hydrogen-bond donors (Lipinski definition) is 2. The lowest BCUT2D eigenvalue weighted by atomic mass is 10.2. The van der Waals surface area contributed by atoms with E-state index in [-0.39, 0.29) is 6.61 Å². The van der Waals surface area contributed by atoms with Gasteiger partial charge in [0.05, 0.1) is 6.61 Å². The van der Waals surface area contributed by atoms with Gasteiger partial charge in [-0.15, -0.1) is 0 Å². The van der Waals surface area contributed by atoms with Gasteiger partial charge >= 0.3 is 6.09 Å². The highest BCUT2D eigenvalue weighted by Gasteiger charge is 1.97. The van der Waals surface area contributed by atoms with E-state index < -0.39 is 6.09 Å². The summed E-state index contributed by atoms with van der Waals surface area (Å²) < 4.78 is 10.1. The normalized spacial score (nSPS) is 10.1. The summed E-state index contributed by atoms with van der Waals surface area (Å²) in [7, 11) is 0. The number of hydrogen-bond acceptors (Lipinski definition) is 4. The van der Waals surface area contributed by atoms with Crippen LogP contribution in [0, 0.1) is 0 Å². The van der Waals surface area contributed by atoms with Crippen molar-refractivity contribution in [1.82, 2.24) is 5.32 Å². The fourth-order valence-corrected chi connectivity index (χ4v) is 1.42. The van der Waals surface area contributed by atoms with Crippen LogP contribution in [0.2, 0.25) is 0 Å². The second kappa shape index (κ2) is 8.36. The first-order chi connectivity index (χ1) is 8.72. The Hall–Kier alpha value is -1.75. The third-order valence-electron chi connectivity index (χ3n) is 2.22. The molecule has 0 radical (unpaired) electrons. The van der Waals surface area contributed by atoms with Crippen LogP contribution >= 0.6 is 0 Å². The molecule has 0 bridgehead atoms. The smallest absolute Gasteiger partial charge is 0.404 e. The van der Waals surface area contributed by atoms with Crippen LogP contribution in [0.4, 0.5) is 4.79 Å². The Balaban J connectivity index is 2.26. The summed E-state index contributed by atoms with van der Waals surface area (Å²) in [6.07, 6.45) is 0.249. The van der Waals surface area contributed by atoms with Crippen LogP contribution in [0.15, 0.2) is 24.3 Å². The van der Waals surface area contributed by atoms with Gasteiger partial charge < -0.3 is 20.5 Å². The average Bonchev–Trinajstić information content (AvgIpc) is 2.36. The second-order valence-corrected chi connectivity index (χ2v) is 3.84. The maximum absolute atomic E-state index is 10.3. The Labute approximate surface area is 107 Å². The van der Waals surface area contributed by atoms with Crippen molar-refractivity contribution >= 4 is 6.09 Å². The number of nitrogens with two attached hydrogens (primary N) is 1. The Morgan fingerprint density at radius 1 is 1.39 bits per heavy atom. The van der Waals surface area contributed by atoms with Gasteiger partial charge in [-0.05, 0) is 24.1 Å². The molecule has 0 saturated heterocycles. The van der Waals surface area contributed by atoms with E-state index in [1.807, 2.05) is 24.3 Å². The van der Waals surface area contributed by atoms with E-state index in [9.17, 15) is 4.79 Å². The summed E-state index contributed by atoms with van der Waals surface area (Å²) in [5.74, 6) is 0.879. The summed E-state index contributed by atoms with van der Waals surface area (Å²) >= 11 is 0. The van der Waals surface area contributed by atoms with Crippen molar-refractivity contribution in [2.75, 3.05) is 19.8 Å². The van der Waals surface area contributed by atoms with Crippen LogP contribution < -0.4 is 15.8 Å². The minimum atomic E-state index is -0.744. The van der Waals surface area contributed by atoms with Crippen molar-refractivity contribution in [2.45, 2.75) is 19.9 Å². The quantitative estimate of drug-likeness (QED) is 0.690. The van der Waals surface area contributed by atoms with Gasteiger partial charge in [-0.1, -0.05) is 19.1 Å². The molecule has 0 heterocycles. The van der Waals surface area contributed by atoms with Gasteiger partial charge in [-0.25, -0.2) is 4.79 Å². The van der Waals surface area contributed by atoms with E-state index in [1.165, 1.54) is 0 Å². The molecule has 1 aromatic rings. The molecule has 5 heteroatoms. The number of nitrogens with one attached hydrogen (secondary N) is 1. The number of carbonyl (C=O) groups excluding carboxylic acids is 1. The molecule has 0 aliphatic rings. The molecule has 1 rings (SSSR count). The minimum absolute atomic E-state index is 0.279. The predicted molar refractivity (Wildman–Crippen MR) is 69.5 cm³/mol. The van der Waals surface area contributed by atoms with Crippen molar-refractivity contribution in [3.63, 3.8) is 0 Å². The van der Waals surface area contributed by atoms with Gasteiger partial charge in [-0.2, -0.15) is 0 Å². The van der Waals surface area contributed by atoms with Crippen molar-refractivity contribution in [3.8, 4) is 5.75 Å². The molecule has 0 aliphatic heterocycles. The molecule has 0 atom stereocenters. The third-order valence-corrected chi connectivity index (χ3v) is 2.22. The van der Waals surface area contributed by atoms with Crippen LogP contribution in [-0.4, -0.2) is 25.9 Å². The van der Waals surface area contributed by atoms with E-state index in [0.29, 0.717) is 13.1 Å². The van der Waals surface area contributed by atoms with Gasteiger partial charge in [0.15, 0.2) is 0 Å². The highest BCUT2D eigenvalue weighted by Crippen LogP contribution is 2.13. The largest absolute Gasteiger partial charge is 0.494 e. The van der Waals surface area contributed by atoms with Crippen molar-refractivity contribution < 1.29 is 14.3 Å². The molecule has 0 spiro atoms. The molecule has 0 unspecified atom stereocenters. The predicted octanol–water partition coefficient (Wildman–Crippen LogP) is 1.66. The lowest BCUT2D eigenvalue weighted by molar-refractivity contribution is 0.157. The summed E-state index contributed by atoms with van der Waals surface area (Å²) in [6.45, 7) is 4.35. The fourth-order valence-electron chi connectivity index (χ4n) is 1.42. The Kier molecular flexibility index (Phi) is 6.64. The summed E-state index contributed by atoms with van der Waals surface area (Å²) in [5, 5.41) is 3.15. The molecule has 18 heavy (non-hydrogen) atoms. The molecule has 5 nitrogen and oxygen atoms in total. The van der Waals surface area contributed by atoms with Gasteiger partial charge in [0.25, 0.3) is 0 Å². The Bertz CT molecular complexity index is 369. The third kappa shape index (κ3) is 6.10. The van der Waals surface area contributed by atoms with E-state index in [4.69, 9.17) is 10.5 Å². The second-order valence-electron chi connectivity index (χ2n) is 3.84. The highest BCUT2D eigenvalue weighted by molar-refractivity contribution is 5.64. The zero-order chi connectivity index (χ0) is 13.2. The zero-order valence-electron chi connectivity index (χ0n) is 10.6. The van der Waals surface area contributed by atoms with Crippen molar-refractivity contribution in [3.05, 3.63) is 29.8 Å². The molecule has 0 aromatic heterocycles. The average molecular weight is 252 g/mol. The number of carbonyl (C=O) groups is 1. The number of amides is 1. The molecular weight excluding hydrogens is 232 g/mol. The Morgan fingerprint density at radius 3 is 2.94 bits per heavy atom. The topological polar surface area (TPSA) is 73.6 Å². The van der Waals surface area contributed by atoms with Crippen LogP contribution in [0.25, 0.3) is 0 Å². The summed E-state index contributed by atoms with van der Waals surface area (Å²) in [6, 6.07) is 7.91. The number of rotatable bonds is 8. The minimum Gasteiger partial charge on any atom is -0.494 e. The molecule has 0 aliphatic carbocycles. The fraction of sp³-hybridized carbons (Fsp3) is 0.462. The maximum Gasteiger partial charge on any atom is 0.404 e. The standard InChI is InChI=1S/C13H20N2O3/c1-2-7-17-12-5-3-4-11(9-12)10-15-6-8-18-13(14)16/h3-5,9,15H,2,6-8,10H2,1H3,(H2,14,16). The first kappa shape index (κ1) is 14.3. The molecular formula is C13H20N2O3. The van der Waals surface area contributed by atoms with Crippen LogP contribution in [-0.2, 0) is 11.3 Å². The first-order valence-electron chi connectivity index (χ1n) is 6.07. The number of ether oxygens (including phenoxy) is 2. The molecule has 1 amide bonds. The van der Waals surface area contributed by atoms with E-state index in [1.54, 1.807) is 0 Å². The lowest BCUT2D eigenvalue weighted by Crippen LogP contribution is -2.23. The SMILES string of the molecule is CCCOc1cccc(CNCCOC(N)=O)c1. The molecule has 0 saturated carbocycles.